The van der Waals surface area contributed by atoms with Gasteiger partial charge in [0, 0.05) is 5.69 Å². The van der Waals surface area contributed by atoms with E-state index >= 15 is 0 Å². The van der Waals surface area contributed by atoms with Gasteiger partial charge in [-0.25, -0.2) is 17.2 Å². The lowest BCUT2D eigenvalue weighted by molar-refractivity contribution is 0.570. The average Bonchev–Trinajstić information content (AvgIpc) is 2.37. The van der Waals surface area contributed by atoms with Gasteiger partial charge in [0.2, 0.25) is 0 Å². The van der Waals surface area contributed by atoms with Crippen LogP contribution in [0.1, 0.15) is 5.56 Å². The number of halogens is 3. The van der Waals surface area contributed by atoms with Crippen LogP contribution < -0.4 is 10.5 Å². The number of nitrogens with two attached hydrogens (primary N) is 1. The summed E-state index contributed by atoms with van der Waals surface area (Å²) in [6.45, 7) is 1.55. The molecular weight excluding hydrogens is 322 g/mol. The van der Waals surface area contributed by atoms with E-state index in [-0.39, 0.29) is 16.4 Å². The summed E-state index contributed by atoms with van der Waals surface area (Å²) in [5.74, 6) is -1.73. The highest BCUT2D eigenvalue weighted by molar-refractivity contribution is 7.92. The third-order valence-electron chi connectivity index (χ3n) is 2.78. The first-order valence-corrected chi connectivity index (χ1v) is 7.60. The van der Waals surface area contributed by atoms with E-state index in [9.17, 15) is 17.2 Å². The molecule has 0 aliphatic carbocycles. The molecule has 0 saturated heterocycles. The summed E-state index contributed by atoms with van der Waals surface area (Å²) >= 11 is 5.50. The van der Waals surface area contributed by atoms with E-state index in [1.54, 1.807) is 6.92 Å². The van der Waals surface area contributed by atoms with Crippen LogP contribution in [0.2, 0.25) is 5.02 Å². The Kier molecular flexibility index (Phi) is 4.06. The zero-order chi connectivity index (χ0) is 15.8. The summed E-state index contributed by atoms with van der Waals surface area (Å²) in [7, 11) is -4.23. The van der Waals surface area contributed by atoms with Crippen LogP contribution in [0.25, 0.3) is 0 Å². The van der Waals surface area contributed by atoms with Crippen molar-refractivity contribution in [2.24, 2.45) is 0 Å². The summed E-state index contributed by atoms with van der Waals surface area (Å²) in [6.07, 6.45) is 0. The largest absolute Gasteiger partial charge is 0.398 e. The number of hydrogen-bond acceptors (Lipinski definition) is 3. The van der Waals surface area contributed by atoms with Crippen LogP contribution in [0.5, 0.6) is 0 Å². The minimum atomic E-state index is -4.23. The minimum absolute atomic E-state index is 0.0737. The van der Waals surface area contributed by atoms with Gasteiger partial charge in [-0.1, -0.05) is 11.6 Å². The van der Waals surface area contributed by atoms with E-state index in [2.05, 4.69) is 4.72 Å². The van der Waals surface area contributed by atoms with Gasteiger partial charge in [0.1, 0.15) is 16.5 Å². The topological polar surface area (TPSA) is 72.2 Å². The smallest absolute Gasteiger partial charge is 0.264 e. The molecule has 112 valence electrons. The second-order valence-corrected chi connectivity index (χ2v) is 6.43. The molecule has 2 aromatic carbocycles. The predicted molar refractivity (Wildman–Crippen MR) is 77.8 cm³/mol. The van der Waals surface area contributed by atoms with Crippen LogP contribution in [-0.4, -0.2) is 8.42 Å². The number of hydrogen-bond donors (Lipinski definition) is 2. The molecule has 0 aromatic heterocycles. The Morgan fingerprint density at radius 1 is 1.14 bits per heavy atom. The predicted octanol–water partition coefficient (Wildman–Crippen LogP) is 3.31. The van der Waals surface area contributed by atoms with Gasteiger partial charge in [0.05, 0.1) is 10.7 Å². The molecule has 2 aromatic rings. The maximum atomic E-state index is 13.8. The van der Waals surface area contributed by atoms with Crippen LogP contribution in [0.4, 0.5) is 20.2 Å². The molecule has 4 nitrogen and oxygen atoms in total. The fraction of sp³-hybridized carbons (Fsp3) is 0.0769. The first kappa shape index (κ1) is 15.5. The Morgan fingerprint density at radius 3 is 2.43 bits per heavy atom. The number of rotatable bonds is 3. The van der Waals surface area contributed by atoms with Crippen molar-refractivity contribution in [3.8, 4) is 0 Å². The Bertz CT molecular complexity index is 810. The third-order valence-corrected chi connectivity index (χ3v) is 4.48. The van der Waals surface area contributed by atoms with Gasteiger partial charge in [-0.3, -0.25) is 4.72 Å². The average molecular weight is 333 g/mol. The van der Waals surface area contributed by atoms with Crippen LogP contribution in [0.15, 0.2) is 35.2 Å². The summed E-state index contributed by atoms with van der Waals surface area (Å²) in [4.78, 5) is -0.610. The van der Waals surface area contributed by atoms with Crippen molar-refractivity contribution in [1.82, 2.24) is 0 Å². The Balaban J connectivity index is 2.43. The highest BCUT2D eigenvalue weighted by atomic mass is 35.5. The van der Waals surface area contributed by atoms with E-state index < -0.39 is 26.6 Å². The number of anilines is 2. The third kappa shape index (κ3) is 3.25. The molecular formula is C13H11ClF2N2O2S. The molecule has 0 atom stereocenters. The molecule has 0 bridgehead atoms. The van der Waals surface area contributed by atoms with Crippen molar-refractivity contribution in [2.75, 3.05) is 10.5 Å². The summed E-state index contributed by atoms with van der Waals surface area (Å²) < 4.78 is 53.4. The monoisotopic (exact) mass is 332 g/mol. The lowest BCUT2D eigenvalue weighted by Gasteiger charge is -2.11. The van der Waals surface area contributed by atoms with Gasteiger partial charge >= 0.3 is 0 Å². The molecule has 21 heavy (non-hydrogen) atoms. The van der Waals surface area contributed by atoms with Crippen molar-refractivity contribution in [3.05, 3.63) is 52.6 Å². The number of aryl methyl sites for hydroxylation is 1. The first-order valence-electron chi connectivity index (χ1n) is 5.74. The van der Waals surface area contributed by atoms with E-state index in [0.717, 1.165) is 18.2 Å². The van der Waals surface area contributed by atoms with Crippen molar-refractivity contribution >= 4 is 33.0 Å². The van der Waals surface area contributed by atoms with Crippen LogP contribution in [-0.2, 0) is 10.0 Å². The zero-order valence-electron chi connectivity index (χ0n) is 10.8. The SMILES string of the molecule is Cc1cc(F)c(S(=O)(=O)Nc2ccc(Cl)c(F)c2)cc1N. The van der Waals surface area contributed by atoms with Gasteiger partial charge in [-0.05, 0) is 42.8 Å². The molecule has 3 N–H and O–H groups in total. The van der Waals surface area contributed by atoms with Gasteiger partial charge in [-0.2, -0.15) is 0 Å². The van der Waals surface area contributed by atoms with Crippen LogP contribution in [0, 0.1) is 18.6 Å². The lowest BCUT2D eigenvalue weighted by Crippen LogP contribution is -2.15. The van der Waals surface area contributed by atoms with Gasteiger partial charge < -0.3 is 5.73 Å². The molecule has 0 saturated carbocycles. The van der Waals surface area contributed by atoms with E-state index in [4.69, 9.17) is 17.3 Å². The highest BCUT2D eigenvalue weighted by Gasteiger charge is 2.21. The normalized spacial score (nSPS) is 11.4. The molecule has 0 amide bonds. The Labute approximate surface area is 125 Å². The van der Waals surface area contributed by atoms with Gasteiger partial charge in [0.25, 0.3) is 10.0 Å². The zero-order valence-corrected chi connectivity index (χ0v) is 12.4. The van der Waals surface area contributed by atoms with Gasteiger partial charge in [0.15, 0.2) is 0 Å². The van der Waals surface area contributed by atoms with Crippen molar-refractivity contribution in [2.45, 2.75) is 11.8 Å². The quantitative estimate of drug-likeness (QED) is 0.847. The van der Waals surface area contributed by atoms with Crippen LogP contribution >= 0.6 is 11.6 Å². The second kappa shape index (κ2) is 5.50. The molecule has 2 rings (SSSR count). The lowest BCUT2D eigenvalue weighted by atomic mass is 10.2. The maximum Gasteiger partial charge on any atom is 0.264 e. The molecule has 0 heterocycles. The first-order chi connectivity index (χ1) is 9.70. The summed E-state index contributed by atoms with van der Waals surface area (Å²) in [5, 5.41) is -0.149. The van der Waals surface area contributed by atoms with Crippen molar-refractivity contribution in [1.29, 1.82) is 0 Å². The molecule has 0 fully saturated rings. The van der Waals surface area contributed by atoms with Gasteiger partial charge in [-0.15, -0.1) is 0 Å². The van der Waals surface area contributed by atoms with E-state index in [1.165, 1.54) is 12.1 Å². The number of nitrogens with one attached hydrogen (secondary N) is 1. The summed E-state index contributed by atoms with van der Waals surface area (Å²) in [6, 6.07) is 5.38. The molecule has 0 spiro atoms. The maximum absolute atomic E-state index is 13.8. The fourth-order valence-corrected chi connectivity index (χ4v) is 2.91. The van der Waals surface area contributed by atoms with Crippen molar-refractivity contribution in [3.63, 3.8) is 0 Å². The second-order valence-electron chi connectivity index (χ2n) is 4.37. The summed E-state index contributed by atoms with van der Waals surface area (Å²) in [5.41, 5.74) is 6.07. The molecule has 0 aliphatic rings. The Morgan fingerprint density at radius 2 is 1.81 bits per heavy atom. The number of benzene rings is 2. The number of sulfonamides is 1. The fourth-order valence-electron chi connectivity index (χ4n) is 1.64. The van der Waals surface area contributed by atoms with E-state index in [0.29, 0.717) is 5.56 Å². The van der Waals surface area contributed by atoms with Crippen LogP contribution in [0.3, 0.4) is 0 Å². The number of nitrogen functional groups attached to an aromatic ring is 1. The standard InChI is InChI=1S/C13H11ClF2N2O2S/c1-7-4-11(16)13(6-12(7)17)21(19,20)18-8-2-3-9(14)10(15)5-8/h2-6,18H,17H2,1H3. The van der Waals surface area contributed by atoms with E-state index in [1.807, 2.05) is 0 Å². The Hall–Kier alpha value is -1.86. The minimum Gasteiger partial charge on any atom is -0.398 e. The highest BCUT2D eigenvalue weighted by Crippen LogP contribution is 2.25. The van der Waals surface area contributed by atoms with Crippen molar-refractivity contribution < 1.29 is 17.2 Å². The molecule has 0 radical (unpaired) electrons. The molecule has 8 heteroatoms. The molecule has 0 aliphatic heterocycles. The molecule has 0 unspecified atom stereocenters.